The number of nitrogens with zero attached hydrogens (tertiary/aromatic N) is 3. The zero-order valence-electron chi connectivity index (χ0n) is 11.3. The Hall–Kier alpha value is -0.920. The first-order valence-corrected chi connectivity index (χ1v) is 8.11. The predicted molar refractivity (Wildman–Crippen MR) is 69.3 cm³/mol. The molecule has 0 N–H and O–H groups in total. The number of aryl methyl sites for hydroxylation is 2. The maximum atomic E-state index is 12.7. The molecule has 2 fully saturated rings. The molecule has 3 heterocycles. The molecule has 0 radical (unpaired) electrons. The first-order chi connectivity index (χ1) is 9.00. The quantitative estimate of drug-likeness (QED) is 0.802. The molecule has 1 atom stereocenters. The van der Waals surface area contributed by atoms with Crippen molar-refractivity contribution in [1.82, 2.24) is 14.4 Å². The molecule has 1 aromatic heterocycles. The molecule has 19 heavy (non-hydrogen) atoms. The molecule has 3 rings (SSSR count). The zero-order chi connectivity index (χ0) is 13.6. The van der Waals surface area contributed by atoms with Gasteiger partial charge in [0.1, 0.15) is 10.6 Å². The van der Waals surface area contributed by atoms with Crippen LogP contribution in [0.2, 0.25) is 0 Å². The molecule has 2 saturated heterocycles. The van der Waals surface area contributed by atoms with Gasteiger partial charge in [-0.2, -0.15) is 4.31 Å². The number of fused-ring (bicyclic) bond motifs is 1. The normalized spacial score (nSPS) is 25.7. The van der Waals surface area contributed by atoms with Gasteiger partial charge in [0.2, 0.25) is 10.0 Å². The topological polar surface area (TPSA) is 66.7 Å². The summed E-state index contributed by atoms with van der Waals surface area (Å²) in [6, 6.07) is 0.379. The van der Waals surface area contributed by atoms with Gasteiger partial charge in [-0.05, 0) is 33.2 Å². The van der Waals surface area contributed by atoms with Gasteiger partial charge >= 0.3 is 0 Å². The predicted octanol–water partition coefficient (Wildman–Crippen LogP) is 0.760. The smallest absolute Gasteiger partial charge is 0.248 e. The number of aromatic nitrogens is 1. The molecule has 0 aromatic carbocycles. The molecular weight excluding hydrogens is 266 g/mol. The van der Waals surface area contributed by atoms with E-state index in [1.165, 1.54) is 6.42 Å². The molecule has 0 amide bonds. The molecule has 6 nitrogen and oxygen atoms in total. The average Bonchev–Trinajstić information content (AvgIpc) is 2.95. The summed E-state index contributed by atoms with van der Waals surface area (Å²) in [4.78, 5) is 2.64. The number of sulfonamides is 1. The minimum atomic E-state index is -3.47. The largest absolute Gasteiger partial charge is 0.360 e. The van der Waals surface area contributed by atoms with Crippen molar-refractivity contribution in [1.29, 1.82) is 0 Å². The monoisotopic (exact) mass is 285 g/mol. The Morgan fingerprint density at radius 3 is 2.74 bits per heavy atom. The summed E-state index contributed by atoms with van der Waals surface area (Å²) in [5.41, 5.74) is 0.450. The first-order valence-electron chi connectivity index (χ1n) is 6.67. The van der Waals surface area contributed by atoms with Crippen LogP contribution in [0.25, 0.3) is 0 Å². The van der Waals surface area contributed by atoms with Crippen molar-refractivity contribution in [3.05, 3.63) is 11.5 Å². The Morgan fingerprint density at radius 2 is 2.05 bits per heavy atom. The van der Waals surface area contributed by atoms with Crippen LogP contribution in [-0.4, -0.2) is 55.0 Å². The Bertz CT molecular complexity index is 562. The molecule has 2 aliphatic heterocycles. The number of rotatable bonds is 2. The fraction of sp³-hybridized carbons (Fsp3) is 0.750. The lowest BCUT2D eigenvalue weighted by molar-refractivity contribution is 0.158. The molecular formula is C12H19N3O3S. The van der Waals surface area contributed by atoms with Crippen molar-refractivity contribution in [3.8, 4) is 0 Å². The van der Waals surface area contributed by atoms with Crippen LogP contribution in [0.15, 0.2) is 9.42 Å². The molecule has 0 bridgehead atoms. The minimum absolute atomic E-state index is 0.249. The second kappa shape index (κ2) is 4.57. The molecule has 0 spiro atoms. The van der Waals surface area contributed by atoms with E-state index in [0.29, 0.717) is 30.6 Å². The summed E-state index contributed by atoms with van der Waals surface area (Å²) in [6.45, 7) is 6.40. The molecule has 7 heteroatoms. The standard InChI is InChI=1S/C12H19N3O3S/c1-9-12(10(2)18-13-9)19(16,17)15-7-6-14-5-3-4-11(14)8-15/h11H,3-8H2,1-2H3/t11-/m1/s1. The van der Waals surface area contributed by atoms with Gasteiger partial charge in [0.25, 0.3) is 0 Å². The molecule has 1 aromatic rings. The second-order valence-corrected chi connectivity index (χ2v) is 7.22. The van der Waals surface area contributed by atoms with Crippen LogP contribution < -0.4 is 0 Å². The van der Waals surface area contributed by atoms with Crippen molar-refractivity contribution < 1.29 is 12.9 Å². The fourth-order valence-corrected chi connectivity index (χ4v) is 4.91. The molecule has 0 saturated carbocycles. The molecule has 0 unspecified atom stereocenters. The van der Waals surface area contributed by atoms with Gasteiger partial charge < -0.3 is 4.52 Å². The maximum absolute atomic E-state index is 12.7. The van der Waals surface area contributed by atoms with Crippen LogP contribution in [0.4, 0.5) is 0 Å². The van der Waals surface area contributed by atoms with E-state index in [-0.39, 0.29) is 4.90 Å². The second-order valence-electron chi connectivity index (χ2n) is 5.35. The van der Waals surface area contributed by atoms with E-state index in [1.807, 2.05) is 0 Å². The van der Waals surface area contributed by atoms with Gasteiger partial charge in [-0.15, -0.1) is 0 Å². The average molecular weight is 285 g/mol. The molecule has 0 aliphatic carbocycles. The SMILES string of the molecule is Cc1noc(C)c1S(=O)(=O)N1CCN2CCC[C@@H]2C1. The Morgan fingerprint density at radius 1 is 1.26 bits per heavy atom. The highest BCUT2D eigenvalue weighted by Crippen LogP contribution is 2.28. The highest BCUT2D eigenvalue weighted by molar-refractivity contribution is 7.89. The minimum Gasteiger partial charge on any atom is -0.360 e. The third kappa shape index (κ3) is 2.09. The number of piperazine rings is 1. The van der Waals surface area contributed by atoms with Crippen LogP contribution in [-0.2, 0) is 10.0 Å². The highest BCUT2D eigenvalue weighted by Gasteiger charge is 2.38. The van der Waals surface area contributed by atoms with Crippen molar-refractivity contribution in [2.24, 2.45) is 0 Å². The molecule has 2 aliphatic rings. The summed E-state index contributed by atoms with van der Waals surface area (Å²) in [6.07, 6.45) is 2.26. The Kier molecular flexibility index (Phi) is 3.15. The van der Waals surface area contributed by atoms with Crippen LogP contribution in [0.1, 0.15) is 24.3 Å². The van der Waals surface area contributed by atoms with E-state index in [2.05, 4.69) is 10.1 Å². The van der Waals surface area contributed by atoms with Gasteiger partial charge in [-0.25, -0.2) is 8.42 Å². The van der Waals surface area contributed by atoms with Crippen molar-refractivity contribution in [3.63, 3.8) is 0 Å². The van der Waals surface area contributed by atoms with E-state index >= 15 is 0 Å². The summed E-state index contributed by atoms with van der Waals surface area (Å²) < 4.78 is 32.0. The maximum Gasteiger partial charge on any atom is 0.248 e. The van der Waals surface area contributed by atoms with E-state index in [0.717, 1.165) is 19.5 Å². The van der Waals surface area contributed by atoms with Crippen LogP contribution in [0, 0.1) is 13.8 Å². The van der Waals surface area contributed by atoms with Gasteiger partial charge in [0.05, 0.1) is 0 Å². The highest BCUT2D eigenvalue weighted by atomic mass is 32.2. The van der Waals surface area contributed by atoms with Gasteiger partial charge in [-0.1, -0.05) is 5.16 Å². The first kappa shape index (κ1) is 13.1. The van der Waals surface area contributed by atoms with E-state index in [1.54, 1.807) is 18.2 Å². The molecule has 106 valence electrons. The third-order valence-corrected chi connectivity index (χ3v) is 6.23. The Balaban J connectivity index is 1.89. The van der Waals surface area contributed by atoms with Crippen molar-refractivity contribution in [2.75, 3.05) is 26.2 Å². The fourth-order valence-electron chi connectivity index (χ4n) is 3.15. The van der Waals surface area contributed by atoms with Gasteiger partial charge in [0, 0.05) is 25.7 Å². The van der Waals surface area contributed by atoms with Crippen molar-refractivity contribution in [2.45, 2.75) is 37.6 Å². The number of hydrogen-bond acceptors (Lipinski definition) is 5. The Labute approximate surface area is 113 Å². The van der Waals surface area contributed by atoms with Crippen LogP contribution in [0.3, 0.4) is 0 Å². The number of hydrogen-bond donors (Lipinski definition) is 0. The summed E-state index contributed by atoms with van der Waals surface area (Å²) in [7, 11) is -3.47. The lowest BCUT2D eigenvalue weighted by Crippen LogP contribution is -2.52. The van der Waals surface area contributed by atoms with E-state index in [4.69, 9.17) is 4.52 Å². The van der Waals surface area contributed by atoms with E-state index < -0.39 is 10.0 Å². The third-order valence-electron chi connectivity index (χ3n) is 4.12. The van der Waals surface area contributed by atoms with Crippen molar-refractivity contribution >= 4 is 10.0 Å². The summed E-state index contributed by atoms with van der Waals surface area (Å²) >= 11 is 0. The van der Waals surface area contributed by atoms with Crippen LogP contribution >= 0.6 is 0 Å². The zero-order valence-corrected chi connectivity index (χ0v) is 12.1. The van der Waals surface area contributed by atoms with Gasteiger partial charge in [-0.3, -0.25) is 4.90 Å². The summed E-state index contributed by atoms with van der Waals surface area (Å²) in [5.74, 6) is 0.381. The van der Waals surface area contributed by atoms with Gasteiger partial charge in [0.15, 0.2) is 5.76 Å². The summed E-state index contributed by atoms with van der Waals surface area (Å²) in [5, 5.41) is 3.75. The van der Waals surface area contributed by atoms with E-state index in [9.17, 15) is 8.42 Å². The van der Waals surface area contributed by atoms with Crippen LogP contribution in [0.5, 0.6) is 0 Å². The lowest BCUT2D eigenvalue weighted by atomic mass is 10.2. The lowest BCUT2D eigenvalue weighted by Gasteiger charge is -2.36.